The molecule has 0 aromatic heterocycles. The molecule has 2 unspecified atom stereocenters. The van der Waals surface area contributed by atoms with Gasteiger partial charge in [0.05, 0.1) is 0 Å². The van der Waals surface area contributed by atoms with Gasteiger partial charge in [-0.05, 0) is 66.6 Å². The Kier molecular flexibility index (Phi) is 14.0. The number of carbonyl (C=O) groups excluding carboxylic acids is 1. The van der Waals surface area contributed by atoms with E-state index in [1.807, 2.05) is 6.07 Å². The van der Waals surface area contributed by atoms with Crippen LogP contribution < -0.4 is 4.74 Å². The molecule has 2 aliphatic heterocycles. The van der Waals surface area contributed by atoms with Gasteiger partial charge in [-0.15, -0.1) is 0 Å². The molecule has 2 atom stereocenters. The highest BCUT2D eigenvalue weighted by atomic mass is 16.6. The zero-order valence-corrected chi connectivity index (χ0v) is 27.7. The van der Waals surface area contributed by atoms with E-state index in [1.54, 1.807) is 0 Å². The molecule has 2 heterocycles. The zero-order chi connectivity index (χ0) is 30.2. The fourth-order valence-corrected chi connectivity index (χ4v) is 7.86. The van der Waals surface area contributed by atoms with Crippen LogP contribution in [0.4, 0.5) is 4.79 Å². The lowest BCUT2D eigenvalue weighted by molar-refractivity contribution is 0.129. The number of hydrogen-bond acceptors (Lipinski definition) is 3. The lowest BCUT2D eigenvalue weighted by Gasteiger charge is -2.29. The third-order valence-corrected chi connectivity index (χ3v) is 10.6. The summed E-state index contributed by atoms with van der Waals surface area (Å²) >= 11 is 0. The number of hydrogen-bond donors (Lipinski definition) is 0. The Bertz CT molecular complexity index is 1130. The molecule has 44 heavy (non-hydrogen) atoms. The fraction of sp³-hybridized carbons (Fsp3) is 0.675. The summed E-state index contributed by atoms with van der Waals surface area (Å²) < 4.78 is 6.12. The van der Waals surface area contributed by atoms with Crippen molar-refractivity contribution in [1.82, 2.24) is 9.80 Å². The van der Waals surface area contributed by atoms with Gasteiger partial charge in [0.2, 0.25) is 0 Å². The van der Waals surface area contributed by atoms with Crippen molar-refractivity contribution in [3.8, 4) is 16.9 Å². The molecule has 4 heteroatoms. The van der Waals surface area contributed by atoms with Gasteiger partial charge in [-0.3, -0.25) is 0 Å². The third kappa shape index (κ3) is 10.4. The Hall–Kier alpha value is -2.33. The van der Waals surface area contributed by atoms with Gasteiger partial charge < -0.3 is 14.5 Å². The Morgan fingerprint density at radius 2 is 1.11 bits per heavy atom. The number of amides is 1. The summed E-state index contributed by atoms with van der Waals surface area (Å²) in [5.74, 6) is 0.687. The van der Waals surface area contributed by atoms with Crippen LogP contribution in [-0.4, -0.2) is 48.1 Å². The van der Waals surface area contributed by atoms with Crippen molar-refractivity contribution < 1.29 is 9.53 Å². The van der Waals surface area contributed by atoms with Crippen LogP contribution in [0.1, 0.15) is 146 Å². The van der Waals surface area contributed by atoms with E-state index < -0.39 is 0 Å². The molecule has 2 bridgehead atoms. The highest BCUT2D eigenvalue weighted by Crippen LogP contribution is 2.38. The van der Waals surface area contributed by atoms with Crippen LogP contribution in [0, 0.1) is 0 Å². The summed E-state index contributed by atoms with van der Waals surface area (Å²) in [5.41, 5.74) is 5.21. The quantitative estimate of drug-likeness (QED) is 0.278. The van der Waals surface area contributed by atoms with Crippen molar-refractivity contribution in [2.24, 2.45) is 0 Å². The van der Waals surface area contributed by atoms with Gasteiger partial charge in [-0.2, -0.15) is 0 Å². The maximum Gasteiger partial charge on any atom is 0.415 e. The minimum absolute atomic E-state index is 0.152. The number of rotatable bonds is 1. The van der Waals surface area contributed by atoms with Gasteiger partial charge >= 0.3 is 6.09 Å². The second-order valence-electron chi connectivity index (χ2n) is 14.0. The smallest absolute Gasteiger partial charge is 0.410 e. The van der Waals surface area contributed by atoms with Crippen molar-refractivity contribution in [1.29, 1.82) is 0 Å². The van der Waals surface area contributed by atoms with Gasteiger partial charge in [-0.25, -0.2) is 4.79 Å². The lowest BCUT2D eigenvalue weighted by Crippen LogP contribution is -2.43. The van der Waals surface area contributed by atoms with Crippen molar-refractivity contribution >= 4 is 6.09 Å². The van der Waals surface area contributed by atoms with Crippen molar-refractivity contribution in [3.05, 3.63) is 53.6 Å². The monoisotopic (exact) mass is 600 g/mol. The van der Waals surface area contributed by atoms with E-state index in [0.717, 1.165) is 38.9 Å². The van der Waals surface area contributed by atoms with E-state index in [9.17, 15) is 4.79 Å². The molecule has 242 valence electrons. The van der Waals surface area contributed by atoms with Crippen molar-refractivity contribution in [3.63, 3.8) is 0 Å². The Balaban J connectivity index is 1.15. The van der Waals surface area contributed by atoms with E-state index in [4.69, 9.17) is 4.74 Å². The average molecular weight is 601 g/mol. The highest BCUT2D eigenvalue weighted by molar-refractivity contribution is 5.78. The largest absolute Gasteiger partial charge is 0.415 e. The molecule has 4 nitrogen and oxygen atoms in total. The highest BCUT2D eigenvalue weighted by Gasteiger charge is 2.29. The molecule has 5 rings (SSSR count). The summed E-state index contributed by atoms with van der Waals surface area (Å²) in [5, 5.41) is 0. The molecule has 2 aromatic carbocycles. The molecule has 3 aliphatic rings. The first-order valence-corrected chi connectivity index (χ1v) is 18.7. The summed E-state index contributed by atoms with van der Waals surface area (Å²) in [6.45, 7) is 4.01. The van der Waals surface area contributed by atoms with Crippen LogP contribution in [-0.2, 0) is 6.42 Å². The standard InChI is InChI=1S/C40H60N2O2/c43-40(44-37-25-26-39-35(33-37)32-34-22-19-20-24-38(34)39)42-31-30-41-28-21-17-15-13-11-9-7-5-3-1-2-4-6-8-10-12-14-16-18-23-36(42)27-29-41/h19-20,22,24-26,33,36H,1-18,21,23,27-32H2. The summed E-state index contributed by atoms with van der Waals surface area (Å²) in [4.78, 5) is 18.4. The van der Waals surface area contributed by atoms with E-state index >= 15 is 0 Å². The second-order valence-corrected chi connectivity index (χ2v) is 14.0. The molecule has 2 saturated heterocycles. The predicted octanol–water partition coefficient (Wildman–Crippen LogP) is 10.9. The average Bonchev–Trinajstić information content (AvgIpc) is 3.27. The fourth-order valence-electron chi connectivity index (χ4n) is 7.86. The Morgan fingerprint density at radius 1 is 0.545 bits per heavy atom. The second kappa shape index (κ2) is 18.6. The predicted molar refractivity (Wildman–Crippen MR) is 185 cm³/mol. The van der Waals surface area contributed by atoms with Crippen LogP contribution in [0.15, 0.2) is 42.5 Å². The number of benzene rings is 2. The van der Waals surface area contributed by atoms with E-state index in [0.29, 0.717) is 5.75 Å². The Morgan fingerprint density at radius 3 is 1.77 bits per heavy atom. The van der Waals surface area contributed by atoms with Crippen LogP contribution in [0.2, 0.25) is 0 Å². The minimum Gasteiger partial charge on any atom is -0.410 e. The maximum atomic E-state index is 13.7. The molecule has 2 aromatic rings. The Labute approximate surface area is 268 Å². The number of carbonyl (C=O) groups is 1. The van der Waals surface area contributed by atoms with E-state index in [2.05, 4.69) is 46.2 Å². The van der Waals surface area contributed by atoms with E-state index in [-0.39, 0.29) is 12.1 Å². The zero-order valence-electron chi connectivity index (χ0n) is 27.7. The van der Waals surface area contributed by atoms with Crippen LogP contribution >= 0.6 is 0 Å². The first-order chi connectivity index (χ1) is 21.8. The van der Waals surface area contributed by atoms with E-state index in [1.165, 1.54) is 151 Å². The van der Waals surface area contributed by atoms with Gasteiger partial charge in [0, 0.05) is 25.7 Å². The van der Waals surface area contributed by atoms with Gasteiger partial charge in [-0.1, -0.05) is 146 Å². The first-order valence-electron chi connectivity index (χ1n) is 18.7. The SMILES string of the molecule is O=C(Oc1ccc2c(c1)Cc1ccccc1-2)N1CCN2CCCCCCCCCCCCCCCCCCCCCC1CC2. The van der Waals surface area contributed by atoms with Crippen LogP contribution in [0.3, 0.4) is 0 Å². The molecule has 1 aliphatic carbocycles. The maximum absolute atomic E-state index is 13.7. The number of fused-ring (bicyclic) bond motifs is 6. The topological polar surface area (TPSA) is 32.8 Å². The van der Waals surface area contributed by atoms with Crippen LogP contribution in [0.5, 0.6) is 5.75 Å². The summed E-state index contributed by atoms with van der Waals surface area (Å²) in [6, 6.07) is 15.1. The number of ether oxygens (including phenoxy) is 1. The summed E-state index contributed by atoms with van der Waals surface area (Å²) in [7, 11) is 0. The molecule has 0 radical (unpaired) electrons. The van der Waals surface area contributed by atoms with Gasteiger partial charge in [0.15, 0.2) is 0 Å². The molecule has 0 N–H and O–H groups in total. The normalized spacial score (nSPS) is 23.9. The first kappa shape index (κ1) is 33.0. The molecular formula is C40H60N2O2. The molecule has 0 saturated carbocycles. The van der Waals surface area contributed by atoms with Crippen LogP contribution in [0.25, 0.3) is 11.1 Å². The molecular weight excluding hydrogens is 540 g/mol. The molecule has 0 spiro atoms. The van der Waals surface area contributed by atoms with Gasteiger partial charge in [0.1, 0.15) is 5.75 Å². The molecule has 2 fully saturated rings. The minimum atomic E-state index is -0.152. The van der Waals surface area contributed by atoms with Gasteiger partial charge in [0.25, 0.3) is 0 Å². The number of nitrogens with zero attached hydrogens (tertiary/aromatic N) is 2. The summed E-state index contributed by atoms with van der Waals surface area (Å²) in [6.07, 6.45) is 29.3. The van der Waals surface area contributed by atoms with Crippen molar-refractivity contribution in [2.75, 3.05) is 26.2 Å². The molecule has 1 amide bonds. The lowest BCUT2D eigenvalue weighted by atomic mass is 10.0. The van der Waals surface area contributed by atoms with Crippen molar-refractivity contribution in [2.45, 2.75) is 147 Å². The third-order valence-electron chi connectivity index (χ3n) is 10.6.